The molecule has 0 heterocycles. The lowest BCUT2D eigenvalue weighted by Gasteiger charge is -2.28. The maximum Gasteiger partial charge on any atom is 0.235 e. The molecule has 0 aromatic heterocycles. The van der Waals surface area contributed by atoms with Crippen molar-refractivity contribution in [2.75, 3.05) is 18.6 Å². The Kier molecular flexibility index (Phi) is 3.72. The molecule has 0 aromatic carbocycles. The molecular formula is C9H18N2O3S. The molecule has 1 amide bonds. The topological polar surface area (TPSA) is 89.3 Å². The third kappa shape index (κ3) is 3.79. The standard InChI is InChI=1S/C9H18N2O3S/c1-15(13,14)6-8(12)11-9(7-10)4-2-3-5-9/h2-7,10H2,1H3,(H,11,12). The fraction of sp³-hybridized carbons (Fsp3) is 0.889. The Labute approximate surface area is 90.3 Å². The van der Waals surface area contributed by atoms with Crippen molar-refractivity contribution in [1.82, 2.24) is 5.32 Å². The average Bonchev–Trinajstić information content (AvgIpc) is 2.50. The van der Waals surface area contributed by atoms with E-state index < -0.39 is 21.5 Å². The first-order chi connectivity index (χ1) is 6.87. The van der Waals surface area contributed by atoms with Gasteiger partial charge in [0, 0.05) is 12.8 Å². The van der Waals surface area contributed by atoms with Crippen LogP contribution in [0, 0.1) is 0 Å². The molecule has 0 bridgehead atoms. The molecule has 6 heteroatoms. The van der Waals surface area contributed by atoms with Gasteiger partial charge in [-0.3, -0.25) is 4.79 Å². The van der Waals surface area contributed by atoms with Crippen LogP contribution < -0.4 is 11.1 Å². The highest BCUT2D eigenvalue weighted by Crippen LogP contribution is 2.28. The lowest BCUT2D eigenvalue weighted by Crippen LogP contribution is -2.53. The van der Waals surface area contributed by atoms with Crippen LogP contribution in [0.15, 0.2) is 0 Å². The molecular weight excluding hydrogens is 216 g/mol. The number of carbonyl (C=O) groups excluding carboxylic acids is 1. The van der Waals surface area contributed by atoms with E-state index in [4.69, 9.17) is 5.73 Å². The minimum atomic E-state index is -3.25. The molecule has 1 aliphatic rings. The summed E-state index contributed by atoms with van der Waals surface area (Å²) in [6, 6.07) is 0. The van der Waals surface area contributed by atoms with E-state index in [2.05, 4.69) is 5.32 Å². The van der Waals surface area contributed by atoms with E-state index in [1.54, 1.807) is 0 Å². The molecule has 1 aliphatic carbocycles. The van der Waals surface area contributed by atoms with Crippen molar-refractivity contribution >= 4 is 15.7 Å². The summed E-state index contributed by atoms with van der Waals surface area (Å²) in [5.74, 6) is -0.890. The number of hydrogen-bond donors (Lipinski definition) is 2. The van der Waals surface area contributed by atoms with E-state index in [-0.39, 0.29) is 5.54 Å². The van der Waals surface area contributed by atoms with Crippen molar-refractivity contribution in [3.63, 3.8) is 0 Å². The summed E-state index contributed by atoms with van der Waals surface area (Å²) in [5.41, 5.74) is 5.26. The van der Waals surface area contributed by atoms with Crippen LogP contribution in [0.25, 0.3) is 0 Å². The molecule has 5 nitrogen and oxygen atoms in total. The van der Waals surface area contributed by atoms with Crippen molar-refractivity contribution in [1.29, 1.82) is 0 Å². The zero-order valence-corrected chi connectivity index (χ0v) is 9.77. The fourth-order valence-corrected chi connectivity index (χ4v) is 2.55. The maximum absolute atomic E-state index is 11.4. The minimum Gasteiger partial charge on any atom is -0.349 e. The van der Waals surface area contributed by atoms with Gasteiger partial charge < -0.3 is 11.1 Å². The number of rotatable bonds is 4. The molecule has 1 saturated carbocycles. The number of nitrogens with one attached hydrogen (secondary N) is 1. The maximum atomic E-state index is 11.4. The van der Waals surface area contributed by atoms with Gasteiger partial charge in [0.2, 0.25) is 5.91 Å². The smallest absolute Gasteiger partial charge is 0.235 e. The number of amides is 1. The molecule has 0 saturated heterocycles. The summed E-state index contributed by atoms with van der Waals surface area (Å²) >= 11 is 0. The molecule has 1 rings (SSSR count). The number of hydrogen-bond acceptors (Lipinski definition) is 4. The SMILES string of the molecule is CS(=O)(=O)CC(=O)NC1(CN)CCCC1. The Balaban J connectivity index is 2.56. The number of carbonyl (C=O) groups is 1. The fourth-order valence-electron chi connectivity index (χ4n) is 2.00. The molecule has 3 N–H and O–H groups in total. The molecule has 1 fully saturated rings. The number of sulfone groups is 1. The van der Waals surface area contributed by atoms with Crippen LogP contribution in [0.1, 0.15) is 25.7 Å². The normalized spacial score (nSPS) is 20.1. The van der Waals surface area contributed by atoms with Crippen molar-refractivity contribution in [3.8, 4) is 0 Å². The molecule has 0 aromatic rings. The molecule has 15 heavy (non-hydrogen) atoms. The van der Waals surface area contributed by atoms with Gasteiger partial charge in [-0.25, -0.2) is 8.42 Å². The Bertz CT molecular complexity index is 331. The van der Waals surface area contributed by atoms with Gasteiger partial charge in [0.15, 0.2) is 9.84 Å². The molecule has 0 radical (unpaired) electrons. The monoisotopic (exact) mass is 234 g/mol. The number of nitrogens with two attached hydrogens (primary N) is 1. The van der Waals surface area contributed by atoms with Crippen molar-refractivity contribution in [3.05, 3.63) is 0 Å². The van der Waals surface area contributed by atoms with Crippen LogP contribution >= 0.6 is 0 Å². The summed E-state index contributed by atoms with van der Waals surface area (Å²) in [4.78, 5) is 11.4. The Morgan fingerprint density at radius 2 is 1.93 bits per heavy atom. The summed E-state index contributed by atoms with van der Waals surface area (Å²) in [5, 5.41) is 2.76. The average molecular weight is 234 g/mol. The predicted molar refractivity (Wildman–Crippen MR) is 58.1 cm³/mol. The van der Waals surface area contributed by atoms with Crippen molar-refractivity contribution < 1.29 is 13.2 Å². The van der Waals surface area contributed by atoms with Crippen LogP contribution in [0.2, 0.25) is 0 Å². The van der Waals surface area contributed by atoms with Gasteiger partial charge in [-0.05, 0) is 12.8 Å². The molecule has 0 aliphatic heterocycles. The molecule has 0 spiro atoms. The van der Waals surface area contributed by atoms with Crippen LogP contribution in [0.4, 0.5) is 0 Å². The third-order valence-corrected chi connectivity index (χ3v) is 3.54. The largest absolute Gasteiger partial charge is 0.349 e. The van der Waals surface area contributed by atoms with Gasteiger partial charge in [0.25, 0.3) is 0 Å². The van der Waals surface area contributed by atoms with Gasteiger partial charge in [-0.2, -0.15) is 0 Å². The second-order valence-electron chi connectivity index (χ2n) is 4.31. The summed E-state index contributed by atoms with van der Waals surface area (Å²) in [6.07, 6.45) is 4.82. The lowest BCUT2D eigenvalue weighted by molar-refractivity contribution is -0.120. The highest BCUT2D eigenvalue weighted by molar-refractivity contribution is 7.91. The minimum absolute atomic E-state index is 0.359. The Morgan fingerprint density at radius 1 is 1.40 bits per heavy atom. The summed E-state index contributed by atoms with van der Waals surface area (Å²) in [7, 11) is -3.25. The zero-order valence-electron chi connectivity index (χ0n) is 8.95. The van der Waals surface area contributed by atoms with Gasteiger partial charge >= 0.3 is 0 Å². The van der Waals surface area contributed by atoms with E-state index >= 15 is 0 Å². The second kappa shape index (κ2) is 4.49. The van der Waals surface area contributed by atoms with Crippen LogP contribution in [0.3, 0.4) is 0 Å². The van der Waals surface area contributed by atoms with Crippen molar-refractivity contribution in [2.45, 2.75) is 31.2 Å². The van der Waals surface area contributed by atoms with E-state index in [1.165, 1.54) is 0 Å². The van der Waals surface area contributed by atoms with E-state index in [9.17, 15) is 13.2 Å². The highest BCUT2D eigenvalue weighted by Gasteiger charge is 2.34. The Morgan fingerprint density at radius 3 is 2.33 bits per heavy atom. The lowest BCUT2D eigenvalue weighted by atomic mass is 9.98. The van der Waals surface area contributed by atoms with Crippen LogP contribution in [-0.2, 0) is 14.6 Å². The van der Waals surface area contributed by atoms with E-state index in [0.29, 0.717) is 6.54 Å². The molecule has 88 valence electrons. The Hall–Kier alpha value is -0.620. The highest BCUT2D eigenvalue weighted by atomic mass is 32.2. The predicted octanol–water partition coefficient (Wildman–Crippen LogP) is -0.581. The summed E-state index contributed by atoms with van der Waals surface area (Å²) in [6.45, 7) is 0.377. The van der Waals surface area contributed by atoms with Crippen LogP contribution in [-0.4, -0.2) is 38.4 Å². The molecule has 0 atom stereocenters. The second-order valence-corrected chi connectivity index (χ2v) is 6.45. The van der Waals surface area contributed by atoms with Gasteiger partial charge in [-0.15, -0.1) is 0 Å². The first kappa shape index (κ1) is 12.4. The van der Waals surface area contributed by atoms with E-state index in [1.807, 2.05) is 0 Å². The molecule has 0 unspecified atom stereocenters. The first-order valence-electron chi connectivity index (χ1n) is 5.06. The first-order valence-corrected chi connectivity index (χ1v) is 7.12. The third-order valence-electron chi connectivity index (χ3n) is 2.75. The van der Waals surface area contributed by atoms with Crippen molar-refractivity contribution in [2.24, 2.45) is 5.73 Å². The quantitative estimate of drug-likeness (QED) is 0.681. The van der Waals surface area contributed by atoms with Crippen LogP contribution in [0.5, 0.6) is 0 Å². The van der Waals surface area contributed by atoms with Gasteiger partial charge in [-0.1, -0.05) is 12.8 Å². The zero-order chi connectivity index (χ0) is 11.5. The van der Waals surface area contributed by atoms with Gasteiger partial charge in [0.1, 0.15) is 5.75 Å². The van der Waals surface area contributed by atoms with Gasteiger partial charge in [0.05, 0.1) is 5.54 Å². The van der Waals surface area contributed by atoms with E-state index in [0.717, 1.165) is 31.9 Å². The summed E-state index contributed by atoms with van der Waals surface area (Å²) < 4.78 is 21.8.